The summed E-state index contributed by atoms with van der Waals surface area (Å²) in [6.07, 6.45) is 14.9. The summed E-state index contributed by atoms with van der Waals surface area (Å²) >= 11 is 0. The van der Waals surface area contributed by atoms with Crippen molar-refractivity contribution < 1.29 is 53.8 Å². The van der Waals surface area contributed by atoms with Crippen molar-refractivity contribution >= 4 is 23.9 Å². The molecule has 0 aromatic heterocycles. The Balaban J connectivity index is 2.31. The van der Waals surface area contributed by atoms with Crippen molar-refractivity contribution in [1.29, 1.82) is 0 Å². The van der Waals surface area contributed by atoms with Gasteiger partial charge in [0.05, 0.1) is 25.0 Å². The van der Waals surface area contributed by atoms with E-state index in [1.165, 1.54) is 6.08 Å². The molecule has 0 radical (unpaired) electrons. The molecule has 4 N–H and O–H groups in total. The van der Waals surface area contributed by atoms with Crippen LogP contribution in [0.15, 0.2) is 59.8 Å². The third-order valence-corrected chi connectivity index (χ3v) is 8.78. The fourth-order valence-electron chi connectivity index (χ4n) is 5.81. The van der Waals surface area contributed by atoms with E-state index in [4.69, 9.17) is 24.4 Å². The van der Waals surface area contributed by atoms with Crippen LogP contribution in [0, 0.1) is 11.8 Å². The van der Waals surface area contributed by atoms with Crippen molar-refractivity contribution in [2.75, 3.05) is 0 Å². The molecule has 2 saturated heterocycles. The number of aliphatic hydroxyl groups excluding tert-OH is 1. The van der Waals surface area contributed by atoms with E-state index in [0.717, 1.165) is 37.0 Å². The Morgan fingerprint density at radius 3 is 2.30 bits per heavy atom. The molecule has 0 unspecified atom stereocenters. The van der Waals surface area contributed by atoms with Gasteiger partial charge in [0.1, 0.15) is 11.7 Å². The topological polar surface area (TPSA) is 177 Å². The summed E-state index contributed by atoms with van der Waals surface area (Å²) in [6.45, 7) is 9.44. The van der Waals surface area contributed by atoms with Gasteiger partial charge >= 0.3 is 23.9 Å². The van der Waals surface area contributed by atoms with Crippen LogP contribution in [0.4, 0.5) is 0 Å². The summed E-state index contributed by atoms with van der Waals surface area (Å²) in [5, 5.41) is 37.5. The first kappa shape index (κ1) is 39.6. The van der Waals surface area contributed by atoms with Crippen LogP contribution in [0.5, 0.6) is 0 Å². The van der Waals surface area contributed by atoms with E-state index in [1.807, 2.05) is 19.9 Å². The second-order valence-corrected chi connectivity index (χ2v) is 12.8. The van der Waals surface area contributed by atoms with Crippen LogP contribution in [0.1, 0.15) is 98.8 Å². The minimum atomic E-state index is -1.09. The van der Waals surface area contributed by atoms with Crippen molar-refractivity contribution in [3.05, 3.63) is 59.8 Å². The van der Waals surface area contributed by atoms with Crippen LogP contribution in [0.25, 0.3) is 0 Å². The maximum atomic E-state index is 12.9. The third kappa shape index (κ3) is 13.2. The Labute approximate surface area is 277 Å². The second-order valence-electron chi connectivity index (χ2n) is 12.8. The van der Waals surface area contributed by atoms with Gasteiger partial charge in [-0.1, -0.05) is 69.2 Å². The van der Waals surface area contributed by atoms with Crippen molar-refractivity contribution in [3.63, 3.8) is 0 Å². The molecule has 47 heavy (non-hydrogen) atoms. The summed E-state index contributed by atoms with van der Waals surface area (Å²) in [5.74, 6) is -4.98. The van der Waals surface area contributed by atoms with Crippen LogP contribution in [-0.2, 0) is 33.4 Å². The lowest BCUT2D eigenvalue weighted by Gasteiger charge is -2.53. The van der Waals surface area contributed by atoms with E-state index >= 15 is 0 Å². The van der Waals surface area contributed by atoms with Gasteiger partial charge in [-0.3, -0.25) is 9.59 Å². The van der Waals surface area contributed by atoms with Gasteiger partial charge in [0, 0.05) is 30.9 Å². The predicted molar refractivity (Wildman–Crippen MR) is 175 cm³/mol. The molecule has 2 aliphatic rings. The average Bonchev–Trinajstić information content (AvgIpc) is 3.01. The maximum Gasteiger partial charge on any atom is 0.328 e. The van der Waals surface area contributed by atoms with Gasteiger partial charge in [0.2, 0.25) is 0 Å². The highest BCUT2D eigenvalue weighted by Crippen LogP contribution is 2.48. The summed E-state index contributed by atoms with van der Waals surface area (Å²) in [5.41, 5.74) is 0.314. The van der Waals surface area contributed by atoms with Gasteiger partial charge in [-0.2, -0.15) is 0 Å². The lowest BCUT2D eigenvalue weighted by molar-refractivity contribution is -0.344. The zero-order chi connectivity index (χ0) is 35.2. The minimum absolute atomic E-state index is 0.186. The number of aliphatic carboxylic acids is 3. The Morgan fingerprint density at radius 2 is 1.66 bits per heavy atom. The third-order valence-electron chi connectivity index (χ3n) is 8.78. The Morgan fingerprint density at radius 1 is 0.936 bits per heavy atom. The number of hydrogen-bond acceptors (Lipinski definition) is 8. The van der Waals surface area contributed by atoms with E-state index in [1.54, 1.807) is 38.2 Å². The van der Waals surface area contributed by atoms with E-state index in [0.29, 0.717) is 37.7 Å². The summed E-state index contributed by atoms with van der Waals surface area (Å²) in [7, 11) is 0. The molecule has 7 atom stereocenters. The van der Waals surface area contributed by atoms with Crippen LogP contribution in [0.3, 0.4) is 0 Å². The first-order valence-corrected chi connectivity index (χ1v) is 16.4. The number of hydrogen-bond donors (Lipinski definition) is 4. The number of rotatable bonds is 17. The highest BCUT2D eigenvalue weighted by Gasteiger charge is 2.54. The lowest BCUT2D eigenvalue weighted by atomic mass is 9.78. The molecule has 11 nitrogen and oxygen atoms in total. The van der Waals surface area contributed by atoms with Crippen LogP contribution >= 0.6 is 0 Å². The second kappa shape index (κ2) is 18.7. The number of ether oxygens (including phenoxy) is 3. The zero-order valence-electron chi connectivity index (χ0n) is 28.2. The Hall–Kier alpha value is -3.54. The number of carbonyl (C=O) groups is 4. The van der Waals surface area contributed by atoms with Crippen LogP contribution < -0.4 is 0 Å². The Bertz CT molecular complexity index is 1250. The van der Waals surface area contributed by atoms with Crippen LogP contribution in [0.2, 0.25) is 0 Å². The zero-order valence-corrected chi connectivity index (χ0v) is 28.2. The van der Waals surface area contributed by atoms with Crippen molar-refractivity contribution in [3.8, 4) is 0 Å². The first-order chi connectivity index (χ1) is 22.1. The standard InChI is InChI=1S/C36H52O11/c1-6-7-19-35(47-34(44)17-16-32(40)41)21-22-36(46-30(35)14-10-25(3)23-33(42)43)20-18-27(5)29(45-36)13-9-24(2)8-12-28(37)26(4)11-15-31(38)39/h8-12,14-15,23,26-30,37H,6-7,13,16-22H2,1-5H3,(H,38,39)(H,40,41)(H,42,43)/b12-8-,14-10+,15-11+,24-9-,25-23+/t26-,27-,28+,29+,30-,35+,36+/m1/s1. The highest BCUT2D eigenvalue weighted by atomic mass is 16.7. The van der Waals surface area contributed by atoms with E-state index in [2.05, 4.69) is 6.92 Å². The minimum Gasteiger partial charge on any atom is -0.481 e. The molecule has 0 aliphatic carbocycles. The number of carbonyl (C=O) groups excluding carboxylic acids is 1. The van der Waals surface area contributed by atoms with E-state index < -0.39 is 47.5 Å². The highest BCUT2D eigenvalue weighted by molar-refractivity contribution is 5.81. The SMILES string of the molecule is CCCC[C@]1(OC(=O)CCC(=O)O)CC[C@]2(CC[C@@H](C)[C@H](C/C=C(C)\C=C/[C@H](O)[C@H](C)/C=C/C(=O)O)O2)O[C@@H]1/C=C/C(C)=C/C(=O)O. The maximum absolute atomic E-state index is 12.9. The monoisotopic (exact) mass is 660 g/mol. The number of aliphatic hydroxyl groups is 1. The number of allylic oxidation sites excluding steroid dienone is 4. The molecule has 2 heterocycles. The summed E-state index contributed by atoms with van der Waals surface area (Å²) in [4.78, 5) is 46.0. The Kier molecular flexibility index (Phi) is 15.8. The van der Waals surface area contributed by atoms with E-state index in [9.17, 15) is 29.4 Å². The number of carboxylic acids is 3. The lowest BCUT2D eigenvalue weighted by Crippen LogP contribution is -2.59. The van der Waals surface area contributed by atoms with Gasteiger partial charge < -0.3 is 34.6 Å². The molecule has 1 spiro atoms. The molecule has 0 bridgehead atoms. The molecule has 0 saturated carbocycles. The molecule has 2 rings (SSSR count). The fraction of sp³-hybridized carbons (Fsp3) is 0.611. The molecule has 2 fully saturated rings. The molecule has 2 aliphatic heterocycles. The molecule has 0 amide bonds. The number of esters is 1. The largest absolute Gasteiger partial charge is 0.481 e. The van der Waals surface area contributed by atoms with Gasteiger partial charge in [0.25, 0.3) is 0 Å². The van der Waals surface area contributed by atoms with Crippen molar-refractivity contribution in [1.82, 2.24) is 0 Å². The molecule has 11 heteroatoms. The molecule has 0 aromatic carbocycles. The first-order valence-electron chi connectivity index (χ1n) is 16.4. The van der Waals surface area contributed by atoms with Crippen molar-refractivity contribution in [2.24, 2.45) is 11.8 Å². The summed E-state index contributed by atoms with van der Waals surface area (Å²) in [6, 6.07) is 0. The normalized spacial score (nSPS) is 28.6. The average molecular weight is 661 g/mol. The summed E-state index contributed by atoms with van der Waals surface area (Å²) < 4.78 is 19.5. The van der Waals surface area contributed by atoms with Crippen molar-refractivity contribution in [2.45, 2.75) is 129 Å². The predicted octanol–water partition coefficient (Wildman–Crippen LogP) is 6.13. The van der Waals surface area contributed by atoms with Crippen LogP contribution in [-0.4, -0.2) is 74.0 Å². The van der Waals surface area contributed by atoms with Gasteiger partial charge in [-0.25, -0.2) is 9.59 Å². The van der Waals surface area contributed by atoms with E-state index in [-0.39, 0.29) is 30.8 Å². The van der Waals surface area contributed by atoms with Gasteiger partial charge in [-0.15, -0.1) is 0 Å². The fourth-order valence-corrected chi connectivity index (χ4v) is 5.81. The molecular weight excluding hydrogens is 608 g/mol. The number of carboxylic acid groups (broad SMARTS) is 3. The molecule has 0 aromatic rings. The van der Waals surface area contributed by atoms with Gasteiger partial charge in [-0.05, 0) is 57.4 Å². The quantitative estimate of drug-likeness (QED) is 0.0802. The smallest absolute Gasteiger partial charge is 0.328 e. The number of unbranched alkanes of at least 4 members (excludes halogenated alkanes) is 1. The molecular formula is C36H52O11. The van der Waals surface area contributed by atoms with Gasteiger partial charge in [0.15, 0.2) is 5.79 Å². The molecule has 262 valence electrons.